The van der Waals surface area contributed by atoms with E-state index in [4.69, 9.17) is 16.3 Å². The highest BCUT2D eigenvalue weighted by Gasteiger charge is 2.43. The van der Waals surface area contributed by atoms with Crippen LogP contribution in [0.1, 0.15) is 49.3 Å². The van der Waals surface area contributed by atoms with Crippen LogP contribution in [-0.4, -0.2) is 17.7 Å². The van der Waals surface area contributed by atoms with Gasteiger partial charge in [-0.25, -0.2) is 0 Å². The zero-order valence-electron chi connectivity index (χ0n) is 18.1. The van der Waals surface area contributed by atoms with Crippen LogP contribution >= 0.6 is 11.6 Å². The van der Waals surface area contributed by atoms with E-state index in [1.54, 1.807) is 30.3 Å². The molecule has 2 aromatic carbocycles. The predicted octanol–water partition coefficient (Wildman–Crippen LogP) is 5.98. The largest absolute Gasteiger partial charge is 0.447 e. The van der Waals surface area contributed by atoms with E-state index in [0.29, 0.717) is 18.4 Å². The number of nitrogens with one attached hydrogen (secondary N) is 1. The lowest BCUT2D eigenvalue weighted by Gasteiger charge is -2.36. The molecule has 0 unspecified atom stereocenters. The normalized spacial score (nSPS) is 23.2. The Labute approximate surface area is 199 Å². The van der Waals surface area contributed by atoms with Crippen LogP contribution in [0.5, 0.6) is 0 Å². The summed E-state index contributed by atoms with van der Waals surface area (Å²) in [5, 5.41) is 2.29. The van der Waals surface area contributed by atoms with E-state index < -0.39 is 35.6 Å². The Morgan fingerprint density at radius 2 is 1.68 bits per heavy atom. The second-order valence-electron chi connectivity index (χ2n) is 8.80. The number of hydrogen-bond donors (Lipinski definition) is 1. The molecule has 1 amide bonds. The molecule has 180 valence electrons. The quantitative estimate of drug-likeness (QED) is 0.520. The third-order valence-electron chi connectivity index (χ3n) is 6.51. The van der Waals surface area contributed by atoms with Crippen LogP contribution in [0.4, 0.5) is 18.9 Å². The van der Waals surface area contributed by atoms with E-state index in [0.717, 1.165) is 37.5 Å². The molecule has 4 rings (SSSR count). The Kier molecular flexibility index (Phi) is 6.98. The summed E-state index contributed by atoms with van der Waals surface area (Å²) < 4.78 is 45.0. The van der Waals surface area contributed by atoms with Gasteiger partial charge >= 0.3 is 12.1 Å². The van der Waals surface area contributed by atoms with Crippen molar-refractivity contribution in [1.29, 1.82) is 0 Å². The predicted molar refractivity (Wildman–Crippen MR) is 119 cm³/mol. The second-order valence-corrected chi connectivity index (χ2v) is 9.21. The van der Waals surface area contributed by atoms with Crippen LogP contribution in [0.15, 0.2) is 48.5 Å². The minimum atomic E-state index is -4.62. The Morgan fingerprint density at radius 1 is 1.03 bits per heavy atom. The molecular formula is C25H23ClF3NO4. The lowest BCUT2D eigenvalue weighted by molar-refractivity contribution is -0.162. The molecule has 1 N–H and O–H groups in total. The van der Waals surface area contributed by atoms with Crippen molar-refractivity contribution in [2.24, 2.45) is 17.8 Å². The highest BCUT2D eigenvalue weighted by atomic mass is 35.5. The zero-order valence-corrected chi connectivity index (χ0v) is 18.9. The Balaban J connectivity index is 1.55. The van der Waals surface area contributed by atoms with Gasteiger partial charge in [0.05, 0.1) is 22.2 Å². The van der Waals surface area contributed by atoms with E-state index >= 15 is 0 Å². The van der Waals surface area contributed by atoms with Gasteiger partial charge in [0.2, 0.25) is 6.10 Å². The topological polar surface area (TPSA) is 72.5 Å². The van der Waals surface area contributed by atoms with Gasteiger partial charge in [-0.1, -0.05) is 48.4 Å². The molecule has 2 aromatic rings. The average molecular weight is 494 g/mol. The van der Waals surface area contributed by atoms with Crippen molar-refractivity contribution in [3.05, 3.63) is 64.7 Å². The molecular weight excluding hydrogens is 471 g/mol. The standard InChI is InChI=1S/C25H23ClF3NO4/c26-19-10-9-18(25(27,28)29)13-20(19)30-23(32)22(14-5-2-1-3-6-14)34-24(33)17-11-15-7-4-8-16(12-17)21(15)31/h1-3,5-6,9-10,13,15-17,22H,4,7-8,11-12H2,(H,30,32)/t15-,16-,22-/m0/s1. The average Bonchev–Trinajstić information content (AvgIpc) is 2.78. The molecule has 2 bridgehead atoms. The number of alkyl halides is 3. The maximum atomic E-state index is 13.1. The number of esters is 1. The number of hydrogen-bond acceptors (Lipinski definition) is 4. The number of ether oxygens (including phenoxy) is 1. The van der Waals surface area contributed by atoms with Gasteiger partial charge in [0.25, 0.3) is 5.91 Å². The van der Waals surface area contributed by atoms with Crippen molar-refractivity contribution in [1.82, 2.24) is 0 Å². The number of benzene rings is 2. The third-order valence-corrected chi connectivity index (χ3v) is 6.84. The summed E-state index contributed by atoms with van der Waals surface area (Å²) in [4.78, 5) is 38.5. The van der Waals surface area contributed by atoms with Crippen LogP contribution < -0.4 is 5.32 Å². The molecule has 3 atom stereocenters. The lowest BCUT2D eigenvalue weighted by Crippen LogP contribution is -2.40. The van der Waals surface area contributed by atoms with Gasteiger partial charge in [0.15, 0.2) is 0 Å². The summed E-state index contributed by atoms with van der Waals surface area (Å²) >= 11 is 6.01. The fourth-order valence-corrected chi connectivity index (χ4v) is 4.95. The summed E-state index contributed by atoms with van der Waals surface area (Å²) in [6.07, 6.45) is -2.79. The molecule has 0 spiro atoms. The summed E-state index contributed by atoms with van der Waals surface area (Å²) in [5.41, 5.74) is -0.848. The van der Waals surface area contributed by atoms with Crippen LogP contribution in [-0.2, 0) is 25.3 Å². The Bertz CT molecular complexity index is 1070. The molecule has 2 aliphatic carbocycles. The van der Waals surface area contributed by atoms with Gasteiger partial charge in [-0.2, -0.15) is 13.2 Å². The van der Waals surface area contributed by atoms with Gasteiger partial charge in [-0.15, -0.1) is 0 Å². The van der Waals surface area contributed by atoms with E-state index in [1.807, 2.05) is 0 Å². The monoisotopic (exact) mass is 493 g/mol. The fourth-order valence-electron chi connectivity index (χ4n) is 4.78. The molecule has 0 aromatic heterocycles. The molecule has 9 heteroatoms. The number of anilines is 1. The van der Waals surface area contributed by atoms with Crippen molar-refractivity contribution in [2.45, 2.75) is 44.4 Å². The van der Waals surface area contributed by atoms with Gasteiger partial charge < -0.3 is 10.1 Å². The minimum absolute atomic E-state index is 0.0851. The van der Waals surface area contributed by atoms with E-state index in [-0.39, 0.29) is 28.3 Å². The van der Waals surface area contributed by atoms with Gasteiger partial charge in [0.1, 0.15) is 5.78 Å². The second kappa shape index (κ2) is 9.78. The summed E-state index contributed by atoms with van der Waals surface area (Å²) in [6, 6.07) is 10.8. The molecule has 0 aliphatic heterocycles. The number of halogens is 4. The van der Waals surface area contributed by atoms with Crippen LogP contribution in [0.25, 0.3) is 0 Å². The highest BCUT2D eigenvalue weighted by Crippen LogP contribution is 2.41. The first-order valence-electron chi connectivity index (χ1n) is 11.1. The first-order chi connectivity index (χ1) is 16.1. The number of rotatable bonds is 5. The molecule has 0 radical (unpaired) electrons. The molecule has 0 saturated heterocycles. The minimum Gasteiger partial charge on any atom is -0.447 e. The van der Waals surface area contributed by atoms with Crippen molar-refractivity contribution in [3.8, 4) is 0 Å². The third kappa shape index (κ3) is 5.27. The molecule has 2 fully saturated rings. The zero-order chi connectivity index (χ0) is 24.5. The summed E-state index contributed by atoms with van der Waals surface area (Å²) in [7, 11) is 0. The Morgan fingerprint density at radius 3 is 2.29 bits per heavy atom. The molecule has 0 heterocycles. The lowest BCUT2D eigenvalue weighted by atomic mass is 9.67. The number of carbonyl (C=O) groups is 3. The number of amides is 1. The first-order valence-corrected chi connectivity index (χ1v) is 11.5. The van der Waals surface area contributed by atoms with Crippen molar-refractivity contribution in [2.75, 3.05) is 5.32 Å². The van der Waals surface area contributed by atoms with Crippen molar-refractivity contribution < 1.29 is 32.3 Å². The number of carbonyl (C=O) groups excluding carboxylic acids is 3. The number of ketones is 1. The molecule has 2 saturated carbocycles. The number of fused-ring (bicyclic) bond motifs is 2. The molecule has 34 heavy (non-hydrogen) atoms. The summed E-state index contributed by atoms with van der Waals surface area (Å²) in [5.74, 6) is -2.07. The maximum Gasteiger partial charge on any atom is 0.416 e. The van der Waals surface area contributed by atoms with Crippen molar-refractivity contribution in [3.63, 3.8) is 0 Å². The maximum absolute atomic E-state index is 13.1. The van der Waals surface area contributed by atoms with Crippen molar-refractivity contribution >= 4 is 34.9 Å². The smallest absolute Gasteiger partial charge is 0.416 e. The fraction of sp³-hybridized carbons (Fsp3) is 0.400. The summed E-state index contributed by atoms with van der Waals surface area (Å²) in [6.45, 7) is 0. The van der Waals surface area contributed by atoms with Gasteiger partial charge in [-0.3, -0.25) is 14.4 Å². The van der Waals surface area contributed by atoms with E-state index in [9.17, 15) is 27.6 Å². The Hall–Kier alpha value is -2.87. The number of Topliss-reactive ketones (excluding diaryl/α,β-unsaturated/α-hetero) is 1. The van der Waals surface area contributed by atoms with Crippen LogP contribution in [0, 0.1) is 17.8 Å². The van der Waals surface area contributed by atoms with Gasteiger partial charge in [-0.05, 0) is 43.9 Å². The molecule has 2 aliphatic rings. The first kappa shape index (κ1) is 24.3. The van der Waals surface area contributed by atoms with Gasteiger partial charge in [0, 0.05) is 17.4 Å². The van der Waals surface area contributed by atoms with Crippen LogP contribution in [0.2, 0.25) is 5.02 Å². The van der Waals surface area contributed by atoms with E-state index in [1.165, 1.54) is 0 Å². The molecule has 5 nitrogen and oxygen atoms in total. The van der Waals surface area contributed by atoms with E-state index in [2.05, 4.69) is 5.32 Å². The van der Waals surface area contributed by atoms with Crippen LogP contribution in [0.3, 0.4) is 0 Å². The SMILES string of the molecule is O=C(O[C@H](C(=O)Nc1cc(C(F)(F)F)ccc1Cl)c1ccccc1)C1C[C@@H]2CCC[C@@H](C1)C2=O. The highest BCUT2D eigenvalue weighted by molar-refractivity contribution is 6.33.